The molecule has 0 radical (unpaired) electrons. The number of amides is 1. The van der Waals surface area contributed by atoms with Gasteiger partial charge in [0.15, 0.2) is 0 Å². The van der Waals surface area contributed by atoms with Crippen molar-refractivity contribution in [2.75, 3.05) is 31.1 Å². The SMILES string of the molecule is O=C(N=CC(NO)N1CCN(c2ccnc3cc(-c4cc(F)ccc4F)ccc23)CC1)c1cc(F)cc(F)c1. The van der Waals surface area contributed by atoms with Crippen molar-refractivity contribution in [1.82, 2.24) is 15.4 Å². The van der Waals surface area contributed by atoms with Crippen LogP contribution in [0.1, 0.15) is 10.4 Å². The molecule has 3 aromatic carbocycles. The molecule has 5 rings (SSSR count). The molecule has 1 saturated heterocycles. The van der Waals surface area contributed by atoms with Gasteiger partial charge in [-0.1, -0.05) is 12.1 Å². The number of piperazine rings is 1. The lowest BCUT2D eigenvalue weighted by Crippen LogP contribution is -2.55. The van der Waals surface area contributed by atoms with Gasteiger partial charge in [-0.15, -0.1) is 0 Å². The van der Waals surface area contributed by atoms with Crippen LogP contribution in [0.5, 0.6) is 0 Å². The van der Waals surface area contributed by atoms with Crippen molar-refractivity contribution >= 4 is 28.7 Å². The summed E-state index contributed by atoms with van der Waals surface area (Å²) < 4.78 is 54.8. The zero-order valence-corrected chi connectivity index (χ0v) is 20.5. The largest absolute Gasteiger partial charge is 0.368 e. The molecule has 1 atom stereocenters. The fourth-order valence-corrected chi connectivity index (χ4v) is 4.64. The maximum atomic E-state index is 14.3. The molecular weight excluding hydrogens is 514 g/mol. The molecule has 1 unspecified atom stereocenters. The van der Waals surface area contributed by atoms with E-state index in [2.05, 4.69) is 20.4 Å². The van der Waals surface area contributed by atoms with E-state index < -0.39 is 35.3 Å². The van der Waals surface area contributed by atoms with E-state index in [1.54, 1.807) is 18.3 Å². The van der Waals surface area contributed by atoms with Crippen LogP contribution in [-0.2, 0) is 0 Å². The Labute approximate surface area is 221 Å². The molecule has 0 spiro atoms. The van der Waals surface area contributed by atoms with Crippen molar-refractivity contribution in [1.29, 1.82) is 0 Å². The van der Waals surface area contributed by atoms with Crippen molar-refractivity contribution in [2.24, 2.45) is 4.99 Å². The lowest BCUT2D eigenvalue weighted by molar-refractivity contribution is 0.0663. The summed E-state index contributed by atoms with van der Waals surface area (Å²) in [6.07, 6.45) is 2.05. The van der Waals surface area contributed by atoms with Gasteiger partial charge in [0.1, 0.15) is 29.4 Å². The minimum Gasteiger partial charge on any atom is -0.368 e. The fraction of sp³-hybridized carbons (Fsp3) is 0.179. The molecule has 2 heterocycles. The van der Waals surface area contributed by atoms with Crippen LogP contribution >= 0.6 is 0 Å². The fourth-order valence-electron chi connectivity index (χ4n) is 4.64. The third kappa shape index (κ3) is 5.80. The molecule has 0 aliphatic carbocycles. The van der Waals surface area contributed by atoms with Gasteiger partial charge in [0, 0.05) is 66.9 Å². The van der Waals surface area contributed by atoms with E-state index in [0.29, 0.717) is 43.3 Å². The number of halogens is 4. The molecule has 39 heavy (non-hydrogen) atoms. The van der Waals surface area contributed by atoms with Crippen LogP contribution in [0.15, 0.2) is 71.9 Å². The number of hydroxylamine groups is 1. The van der Waals surface area contributed by atoms with E-state index in [-0.39, 0.29) is 11.1 Å². The van der Waals surface area contributed by atoms with Crippen LogP contribution in [0.3, 0.4) is 0 Å². The van der Waals surface area contributed by atoms with Gasteiger partial charge >= 0.3 is 0 Å². The predicted octanol–water partition coefficient (Wildman–Crippen LogP) is 4.80. The van der Waals surface area contributed by atoms with Gasteiger partial charge in [0.25, 0.3) is 5.91 Å². The third-order valence-corrected chi connectivity index (χ3v) is 6.58. The second-order valence-corrected chi connectivity index (χ2v) is 9.02. The number of benzene rings is 3. The number of aliphatic imine (C=N–C) groups is 1. The number of rotatable bonds is 6. The first-order valence-electron chi connectivity index (χ1n) is 12.1. The van der Waals surface area contributed by atoms with Gasteiger partial charge in [0.2, 0.25) is 0 Å². The van der Waals surface area contributed by atoms with Crippen molar-refractivity contribution in [2.45, 2.75) is 6.17 Å². The molecule has 1 aromatic heterocycles. The molecule has 4 aromatic rings. The molecule has 2 N–H and O–H groups in total. The monoisotopic (exact) mass is 537 g/mol. The Morgan fingerprint density at radius 2 is 1.67 bits per heavy atom. The molecule has 200 valence electrons. The number of hydrogen-bond donors (Lipinski definition) is 2. The Morgan fingerprint density at radius 1 is 0.923 bits per heavy atom. The molecule has 1 aliphatic rings. The molecule has 0 saturated carbocycles. The molecular formula is C28H23F4N5O2. The van der Waals surface area contributed by atoms with E-state index in [0.717, 1.165) is 41.4 Å². The highest BCUT2D eigenvalue weighted by molar-refractivity contribution is 5.99. The topological polar surface area (TPSA) is 81.1 Å². The summed E-state index contributed by atoms with van der Waals surface area (Å²) >= 11 is 0. The summed E-state index contributed by atoms with van der Waals surface area (Å²) in [4.78, 5) is 24.4. The van der Waals surface area contributed by atoms with Gasteiger partial charge in [-0.3, -0.25) is 14.7 Å². The van der Waals surface area contributed by atoms with Crippen molar-refractivity contribution < 1.29 is 27.6 Å². The smallest absolute Gasteiger partial charge is 0.276 e. The zero-order chi connectivity index (χ0) is 27.5. The maximum Gasteiger partial charge on any atom is 0.276 e. The summed E-state index contributed by atoms with van der Waals surface area (Å²) in [5.74, 6) is -3.67. The van der Waals surface area contributed by atoms with Crippen LogP contribution in [-0.4, -0.2) is 59.6 Å². The Bertz CT molecular complexity index is 1540. The van der Waals surface area contributed by atoms with E-state index in [9.17, 15) is 27.6 Å². The number of hydrogen-bond acceptors (Lipinski definition) is 6. The predicted molar refractivity (Wildman–Crippen MR) is 139 cm³/mol. The van der Waals surface area contributed by atoms with Gasteiger partial charge in [-0.25, -0.2) is 22.6 Å². The average molecular weight is 538 g/mol. The number of carbonyl (C=O) groups is 1. The lowest BCUT2D eigenvalue weighted by Gasteiger charge is -2.38. The number of aromatic nitrogens is 1. The summed E-state index contributed by atoms with van der Waals surface area (Å²) in [5.41, 5.74) is 4.08. The lowest BCUT2D eigenvalue weighted by atomic mass is 10.0. The number of nitrogens with zero attached hydrogens (tertiary/aromatic N) is 4. The first kappa shape index (κ1) is 26.4. The Balaban J connectivity index is 1.29. The summed E-state index contributed by atoms with van der Waals surface area (Å²) in [6.45, 7) is 2.11. The first-order chi connectivity index (χ1) is 18.8. The van der Waals surface area contributed by atoms with Crippen LogP contribution in [0.2, 0.25) is 0 Å². The highest BCUT2D eigenvalue weighted by Gasteiger charge is 2.24. The minimum atomic E-state index is -0.887. The van der Waals surface area contributed by atoms with Gasteiger partial charge < -0.3 is 10.1 Å². The second kappa shape index (κ2) is 11.3. The van der Waals surface area contributed by atoms with Crippen LogP contribution < -0.4 is 10.4 Å². The van der Waals surface area contributed by atoms with E-state index in [4.69, 9.17) is 0 Å². The summed E-state index contributed by atoms with van der Waals surface area (Å²) in [5, 5.41) is 10.5. The van der Waals surface area contributed by atoms with E-state index >= 15 is 0 Å². The normalized spacial score (nSPS) is 15.3. The Hall–Kier alpha value is -4.19. The van der Waals surface area contributed by atoms with Crippen molar-refractivity contribution in [3.8, 4) is 11.1 Å². The first-order valence-corrected chi connectivity index (χ1v) is 12.1. The quantitative estimate of drug-likeness (QED) is 0.209. The van der Waals surface area contributed by atoms with E-state index in [1.165, 1.54) is 6.21 Å². The highest BCUT2D eigenvalue weighted by Crippen LogP contribution is 2.31. The minimum absolute atomic E-state index is 0.156. The van der Waals surface area contributed by atoms with Crippen molar-refractivity contribution in [3.05, 3.63) is 95.7 Å². The van der Waals surface area contributed by atoms with Crippen molar-refractivity contribution in [3.63, 3.8) is 0 Å². The van der Waals surface area contributed by atoms with Crippen LogP contribution in [0.25, 0.3) is 22.0 Å². The number of carbonyl (C=O) groups excluding carboxylic acids is 1. The average Bonchev–Trinajstić information content (AvgIpc) is 2.93. The molecule has 0 bridgehead atoms. The van der Waals surface area contributed by atoms with Gasteiger partial charge in [0.05, 0.1) is 5.52 Å². The van der Waals surface area contributed by atoms with E-state index in [1.807, 2.05) is 17.0 Å². The number of anilines is 1. The summed E-state index contributed by atoms with van der Waals surface area (Å²) in [7, 11) is 0. The molecule has 11 heteroatoms. The highest BCUT2D eigenvalue weighted by atomic mass is 19.1. The van der Waals surface area contributed by atoms with Crippen LogP contribution in [0.4, 0.5) is 23.2 Å². The van der Waals surface area contributed by atoms with Crippen LogP contribution in [0, 0.1) is 23.3 Å². The molecule has 1 amide bonds. The standard InChI is InChI=1S/C28H23F4N5O2/c29-19-2-4-24(32)23(15-19)17-1-3-22-25(13-17)33-6-5-26(22)36-7-9-37(10-8-36)27(35-39)16-34-28(38)18-11-20(30)14-21(31)12-18/h1-6,11-16,27,35,39H,7-10H2. The number of fused-ring (bicyclic) bond motifs is 1. The summed E-state index contributed by atoms with van der Waals surface area (Å²) in [6, 6.07) is 12.9. The maximum absolute atomic E-state index is 14.3. The van der Waals surface area contributed by atoms with Gasteiger partial charge in [-0.05, 0) is 48.0 Å². The number of nitrogens with one attached hydrogen (secondary N) is 1. The molecule has 1 fully saturated rings. The van der Waals surface area contributed by atoms with Gasteiger partial charge in [-0.2, -0.15) is 5.48 Å². The molecule has 1 aliphatic heterocycles. The molecule has 7 nitrogen and oxygen atoms in total. The third-order valence-electron chi connectivity index (χ3n) is 6.58. The number of pyridine rings is 1. The zero-order valence-electron chi connectivity index (χ0n) is 20.5. The Kier molecular flexibility index (Phi) is 7.64. The Morgan fingerprint density at radius 3 is 2.38 bits per heavy atom. The second-order valence-electron chi connectivity index (χ2n) is 9.02.